The van der Waals surface area contributed by atoms with Crippen molar-refractivity contribution in [3.8, 4) is 0 Å². The van der Waals surface area contributed by atoms with Gasteiger partial charge in [0.05, 0.1) is 16.7 Å². The predicted octanol–water partition coefficient (Wildman–Crippen LogP) is 3.73. The van der Waals surface area contributed by atoms with Gasteiger partial charge < -0.3 is 9.80 Å². The van der Waals surface area contributed by atoms with E-state index in [1.165, 1.54) is 12.1 Å². The molecule has 10 heteroatoms. The lowest BCUT2D eigenvalue weighted by Crippen LogP contribution is -2.75. The minimum Gasteiger partial charge on any atom is -0.368 e. The van der Waals surface area contributed by atoms with Gasteiger partial charge in [0.1, 0.15) is 0 Å². The number of para-hydroxylation sites is 1. The van der Waals surface area contributed by atoms with Crippen molar-refractivity contribution in [3.05, 3.63) is 93.5 Å². The summed E-state index contributed by atoms with van der Waals surface area (Å²) in [4.78, 5) is 57.9. The van der Waals surface area contributed by atoms with Crippen LogP contribution in [0.3, 0.4) is 0 Å². The second-order valence-electron chi connectivity index (χ2n) is 10.4. The third kappa shape index (κ3) is 3.74. The predicted molar refractivity (Wildman–Crippen MR) is 146 cm³/mol. The molecular weight excluding hydrogens is 498 g/mol. The Balaban J connectivity index is 1.52. The van der Waals surface area contributed by atoms with Crippen molar-refractivity contribution < 1.29 is 19.3 Å². The Kier molecular flexibility index (Phi) is 5.64. The van der Waals surface area contributed by atoms with Crippen LogP contribution in [0.25, 0.3) is 0 Å². The van der Waals surface area contributed by atoms with Gasteiger partial charge in [0.25, 0.3) is 11.6 Å². The molecule has 2 saturated heterocycles. The van der Waals surface area contributed by atoms with Crippen molar-refractivity contribution >= 4 is 40.6 Å². The van der Waals surface area contributed by atoms with E-state index in [1.807, 2.05) is 61.2 Å². The molecule has 3 heterocycles. The lowest BCUT2D eigenvalue weighted by atomic mass is 9.67. The maximum atomic E-state index is 14.6. The Morgan fingerprint density at radius 1 is 0.949 bits per heavy atom. The number of piperazine rings is 1. The number of rotatable bonds is 3. The van der Waals surface area contributed by atoms with Crippen LogP contribution in [0.15, 0.2) is 66.7 Å². The second-order valence-corrected chi connectivity index (χ2v) is 10.4. The van der Waals surface area contributed by atoms with Gasteiger partial charge in [-0.05, 0) is 49.2 Å². The number of nitro groups is 1. The van der Waals surface area contributed by atoms with Gasteiger partial charge in [-0.25, -0.2) is 9.69 Å². The molecule has 0 aromatic heterocycles. The molecule has 3 aliphatic rings. The maximum Gasteiger partial charge on any atom is 0.335 e. The van der Waals surface area contributed by atoms with Crippen molar-refractivity contribution in [1.82, 2.24) is 5.32 Å². The van der Waals surface area contributed by atoms with Crippen LogP contribution in [0.1, 0.15) is 16.7 Å². The van der Waals surface area contributed by atoms with Crippen LogP contribution >= 0.6 is 0 Å². The van der Waals surface area contributed by atoms with E-state index < -0.39 is 34.2 Å². The van der Waals surface area contributed by atoms with E-state index in [0.717, 1.165) is 27.4 Å². The summed E-state index contributed by atoms with van der Waals surface area (Å²) < 4.78 is 0. The van der Waals surface area contributed by atoms with Crippen LogP contribution in [-0.2, 0) is 16.0 Å². The number of nitro benzene ring substituents is 1. The summed E-state index contributed by atoms with van der Waals surface area (Å²) in [5.41, 5.74) is 2.57. The van der Waals surface area contributed by atoms with Crippen molar-refractivity contribution in [3.63, 3.8) is 0 Å². The zero-order valence-corrected chi connectivity index (χ0v) is 21.6. The fraction of sp³-hybridized carbons (Fsp3) is 0.276. The molecule has 0 saturated carbocycles. The van der Waals surface area contributed by atoms with Crippen LogP contribution in [0.2, 0.25) is 0 Å². The van der Waals surface area contributed by atoms with Crippen molar-refractivity contribution in [1.29, 1.82) is 0 Å². The first kappa shape index (κ1) is 24.6. The average molecular weight is 526 g/mol. The summed E-state index contributed by atoms with van der Waals surface area (Å²) in [6.07, 6.45) is -0.0623. The highest BCUT2D eigenvalue weighted by Gasteiger charge is 2.63. The summed E-state index contributed by atoms with van der Waals surface area (Å²) >= 11 is 0. The first-order valence-electron chi connectivity index (χ1n) is 12.8. The number of carbonyl (C=O) groups is 3. The first-order valence-corrected chi connectivity index (χ1v) is 12.8. The fourth-order valence-electron chi connectivity index (χ4n) is 6.27. The molecule has 3 aromatic rings. The van der Waals surface area contributed by atoms with E-state index in [4.69, 9.17) is 0 Å². The van der Waals surface area contributed by atoms with Gasteiger partial charge in [-0.15, -0.1) is 0 Å². The molecule has 2 atom stereocenters. The number of aryl methyl sites for hydroxylation is 2. The minimum atomic E-state index is -1.68. The van der Waals surface area contributed by atoms with E-state index in [0.29, 0.717) is 30.9 Å². The molecule has 3 aliphatic heterocycles. The number of urea groups is 1. The van der Waals surface area contributed by atoms with Gasteiger partial charge in [-0.1, -0.05) is 35.9 Å². The van der Waals surface area contributed by atoms with Gasteiger partial charge in [-0.2, -0.15) is 0 Å². The molecule has 4 amide bonds. The first-order chi connectivity index (χ1) is 18.7. The number of imide groups is 2. The Hall–Kier alpha value is -4.73. The van der Waals surface area contributed by atoms with E-state index in [2.05, 4.69) is 10.2 Å². The third-order valence-corrected chi connectivity index (χ3v) is 8.13. The van der Waals surface area contributed by atoms with Crippen molar-refractivity contribution in [2.45, 2.75) is 26.3 Å². The molecule has 0 radical (unpaired) electrons. The zero-order chi connectivity index (χ0) is 27.5. The van der Waals surface area contributed by atoms with E-state index in [1.54, 1.807) is 12.1 Å². The van der Waals surface area contributed by atoms with Gasteiger partial charge in [0, 0.05) is 49.6 Å². The molecule has 198 valence electrons. The lowest BCUT2D eigenvalue weighted by Gasteiger charge is -2.55. The van der Waals surface area contributed by atoms with Crippen LogP contribution in [0.5, 0.6) is 0 Å². The fourth-order valence-corrected chi connectivity index (χ4v) is 6.27. The van der Waals surface area contributed by atoms with E-state index >= 15 is 0 Å². The highest BCUT2D eigenvalue weighted by molar-refractivity contribution is 6.31. The summed E-state index contributed by atoms with van der Waals surface area (Å²) in [5, 5.41) is 14.1. The number of carbonyl (C=O) groups excluding carboxylic acids is 3. The minimum absolute atomic E-state index is 0.0623. The number of hydrogen-bond acceptors (Lipinski definition) is 7. The second kappa shape index (κ2) is 8.93. The maximum absolute atomic E-state index is 14.6. The Labute approximate surface area is 225 Å². The number of amides is 4. The average Bonchev–Trinajstić information content (AvgIpc) is 2.92. The number of hydrogen-bond donors (Lipinski definition) is 1. The van der Waals surface area contributed by atoms with Crippen molar-refractivity contribution in [2.24, 2.45) is 5.41 Å². The molecule has 0 unspecified atom stereocenters. The molecular formula is C29H27N5O5. The van der Waals surface area contributed by atoms with Crippen LogP contribution < -0.4 is 20.0 Å². The van der Waals surface area contributed by atoms with Gasteiger partial charge >= 0.3 is 6.03 Å². The Morgan fingerprint density at radius 2 is 1.69 bits per heavy atom. The Bertz CT molecular complexity index is 1540. The van der Waals surface area contributed by atoms with E-state index in [9.17, 15) is 24.5 Å². The summed E-state index contributed by atoms with van der Waals surface area (Å²) in [7, 11) is 0. The smallest absolute Gasteiger partial charge is 0.335 e. The third-order valence-electron chi connectivity index (χ3n) is 8.13. The van der Waals surface area contributed by atoms with Crippen molar-refractivity contribution in [2.75, 3.05) is 34.3 Å². The lowest BCUT2D eigenvalue weighted by molar-refractivity contribution is -0.384. The molecule has 1 spiro atoms. The van der Waals surface area contributed by atoms with Crippen LogP contribution in [0, 0.1) is 29.4 Å². The van der Waals surface area contributed by atoms with Gasteiger partial charge in [-0.3, -0.25) is 25.0 Å². The number of nitrogens with zero attached hydrogens (tertiary/aromatic N) is 4. The molecule has 3 aromatic carbocycles. The Morgan fingerprint density at radius 3 is 2.41 bits per heavy atom. The number of fused-ring (bicyclic) bond motifs is 4. The highest BCUT2D eigenvalue weighted by atomic mass is 16.6. The summed E-state index contributed by atoms with van der Waals surface area (Å²) in [5.74, 6) is -1.30. The molecule has 6 rings (SSSR count). The number of nitrogens with one attached hydrogen (secondary N) is 1. The molecule has 39 heavy (non-hydrogen) atoms. The summed E-state index contributed by atoms with van der Waals surface area (Å²) in [6.45, 7) is 5.21. The number of barbiturate groups is 1. The van der Waals surface area contributed by atoms with E-state index in [-0.39, 0.29) is 12.1 Å². The monoisotopic (exact) mass is 525 g/mol. The topological polar surface area (TPSA) is 116 Å². The normalized spacial score (nSPS) is 22.5. The molecule has 0 bridgehead atoms. The molecule has 10 nitrogen and oxygen atoms in total. The largest absolute Gasteiger partial charge is 0.368 e. The van der Waals surface area contributed by atoms with Crippen LogP contribution in [-0.4, -0.2) is 48.4 Å². The van der Waals surface area contributed by atoms with Gasteiger partial charge in [0.15, 0.2) is 5.41 Å². The molecule has 2 fully saturated rings. The SMILES string of the molecule is Cc1ccc(N2C(=O)NC(=O)[C@@]3(Cc4cc([N+](=O)[O-])ccc4N4CCN(c5ccccc5)C[C@@H]43)C2=O)c(C)c1. The number of anilines is 3. The van der Waals surface area contributed by atoms with Gasteiger partial charge in [0.2, 0.25) is 5.91 Å². The number of benzene rings is 3. The zero-order valence-electron chi connectivity index (χ0n) is 21.6. The highest BCUT2D eigenvalue weighted by Crippen LogP contribution is 2.47. The van der Waals surface area contributed by atoms with Crippen LogP contribution in [0.4, 0.5) is 27.5 Å². The summed E-state index contributed by atoms with van der Waals surface area (Å²) in [6, 6.07) is 18.3. The number of non-ortho nitro benzene ring substituents is 1. The standard InChI is InChI=1S/C29H27N5O5/c1-18-8-10-23(19(2)14-18)33-27(36)29(26(35)30-28(33)37)16-20-15-22(34(38)39)9-11-24(20)32-13-12-31(17-25(29)32)21-6-4-3-5-7-21/h3-11,14-15,25H,12-13,16-17H2,1-2H3,(H,30,35,37)/t25-,29+/m1/s1. The molecule has 0 aliphatic carbocycles. The molecule has 1 N–H and O–H groups in total. The quantitative estimate of drug-likeness (QED) is 0.315.